The molecule has 0 fully saturated rings. The van der Waals surface area contributed by atoms with Crippen LogP contribution in [0.2, 0.25) is 0 Å². The summed E-state index contributed by atoms with van der Waals surface area (Å²) in [6.07, 6.45) is 3.77. The normalized spacial score (nSPS) is 11.3. The van der Waals surface area contributed by atoms with Crippen molar-refractivity contribution in [2.24, 2.45) is 0 Å². The minimum Gasteiger partial charge on any atom is -0.417 e. The molecule has 2 heterocycles. The molecule has 3 rings (SSSR count). The van der Waals surface area contributed by atoms with Gasteiger partial charge in [0, 0.05) is 21.0 Å². The number of thiophene rings is 1. The fourth-order valence-electron chi connectivity index (χ4n) is 1.58. The fraction of sp³-hybridized carbons (Fsp3) is 0. The average molecular weight is 412 g/mol. The van der Waals surface area contributed by atoms with E-state index in [1.165, 1.54) is 0 Å². The van der Waals surface area contributed by atoms with Crippen molar-refractivity contribution >= 4 is 55.3 Å². The molecule has 0 amide bonds. The van der Waals surface area contributed by atoms with Crippen molar-refractivity contribution in [3.05, 3.63) is 55.4 Å². The standard InChI is InChI=1S/C14H8Br2N2OS/c15-10-3-1-9(2-4-10)14-18-17-13(19-14)8-6-11-5-7-12(16)20-11/h1-8H/b8-6+. The zero-order valence-electron chi connectivity index (χ0n) is 10.1. The van der Waals surface area contributed by atoms with Crippen LogP contribution in [0.5, 0.6) is 0 Å². The SMILES string of the molecule is Brc1ccc(-c2nnc(/C=C/c3ccc(Br)s3)o2)cc1. The Balaban J connectivity index is 1.80. The van der Waals surface area contributed by atoms with E-state index in [0.717, 1.165) is 18.7 Å². The zero-order valence-corrected chi connectivity index (χ0v) is 14.1. The molecule has 0 spiro atoms. The van der Waals surface area contributed by atoms with Gasteiger partial charge < -0.3 is 4.42 Å². The molecule has 0 aliphatic rings. The first-order valence-corrected chi connectivity index (χ1v) is 8.14. The van der Waals surface area contributed by atoms with Gasteiger partial charge in [-0.15, -0.1) is 21.5 Å². The molecule has 6 heteroatoms. The number of rotatable bonds is 3. The summed E-state index contributed by atoms with van der Waals surface area (Å²) in [5.74, 6) is 1.01. The Morgan fingerprint density at radius 1 is 0.950 bits per heavy atom. The third-order valence-electron chi connectivity index (χ3n) is 2.52. The predicted molar refractivity (Wildman–Crippen MR) is 88.4 cm³/mol. The highest BCUT2D eigenvalue weighted by molar-refractivity contribution is 9.11. The zero-order chi connectivity index (χ0) is 13.9. The van der Waals surface area contributed by atoms with Gasteiger partial charge >= 0.3 is 0 Å². The lowest BCUT2D eigenvalue weighted by Gasteiger charge is -1.93. The Morgan fingerprint density at radius 2 is 1.75 bits per heavy atom. The molecule has 0 atom stereocenters. The molecule has 0 saturated heterocycles. The van der Waals surface area contributed by atoms with E-state index in [0.29, 0.717) is 11.8 Å². The summed E-state index contributed by atoms with van der Waals surface area (Å²) in [5.41, 5.74) is 0.902. The third kappa shape index (κ3) is 3.26. The quantitative estimate of drug-likeness (QED) is 0.571. The van der Waals surface area contributed by atoms with Crippen molar-refractivity contribution < 1.29 is 4.42 Å². The molecular weight excluding hydrogens is 404 g/mol. The number of hydrogen-bond donors (Lipinski definition) is 0. The third-order valence-corrected chi connectivity index (χ3v) is 4.63. The van der Waals surface area contributed by atoms with Crippen LogP contribution in [-0.2, 0) is 0 Å². The largest absolute Gasteiger partial charge is 0.417 e. The molecular formula is C14H8Br2N2OS. The first-order valence-electron chi connectivity index (χ1n) is 5.73. The average Bonchev–Trinajstić information content (AvgIpc) is 3.06. The van der Waals surface area contributed by atoms with E-state index in [9.17, 15) is 0 Å². The molecule has 3 nitrogen and oxygen atoms in total. The van der Waals surface area contributed by atoms with E-state index in [2.05, 4.69) is 42.1 Å². The molecule has 1 aromatic carbocycles. The summed E-state index contributed by atoms with van der Waals surface area (Å²) in [7, 11) is 0. The first-order chi connectivity index (χ1) is 9.70. The van der Waals surface area contributed by atoms with Crippen molar-refractivity contribution in [3.63, 3.8) is 0 Å². The number of aromatic nitrogens is 2. The van der Waals surface area contributed by atoms with Crippen LogP contribution in [0, 0.1) is 0 Å². The number of halogens is 2. The highest BCUT2D eigenvalue weighted by Gasteiger charge is 2.06. The maximum atomic E-state index is 5.61. The van der Waals surface area contributed by atoms with Gasteiger partial charge in [0.2, 0.25) is 11.8 Å². The molecule has 0 aliphatic heterocycles. The van der Waals surface area contributed by atoms with E-state index in [4.69, 9.17) is 4.42 Å². The second-order valence-electron chi connectivity index (χ2n) is 3.93. The van der Waals surface area contributed by atoms with Crippen LogP contribution in [-0.4, -0.2) is 10.2 Å². The van der Waals surface area contributed by atoms with Crippen LogP contribution in [0.3, 0.4) is 0 Å². The summed E-state index contributed by atoms with van der Waals surface area (Å²) < 4.78 is 7.72. The van der Waals surface area contributed by atoms with Gasteiger partial charge in [-0.2, -0.15) is 0 Å². The van der Waals surface area contributed by atoms with Crippen molar-refractivity contribution in [1.29, 1.82) is 0 Å². The number of hydrogen-bond acceptors (Lipinski definition) is 4. The molecule has 0 unspecified atom stereocenters. The smallest absolute Gasteiger partial charge is 0.248 e. The van der Waals surface area contributed by atoms with Gasteiger partial charge in [-0.25, -0.2) is 0 Å². The van der Waals surface area contributed by atoms with Crippen molar-refractivity contribution in [2.45, 2.75) is 0 Å². The highest BCUT2D eigenvalue weighted by Crippen LogP contribution is 2.24. The minimum absolute atomic E-state index is 0.493. The fourth-order valence-corrected chi connectivity index (χ4v) is 3.17. The maximum Gasteiger partial charge on any atom is 0.248 e. The Kier molecular flexibility index (Phi) is 4.14. The van der Waals surface area contributed by atoms with Crippen molar-refractivity contribution in [1.82, 2.24) is 10.2 Å². The Bertz CT molecular complexity index is 747. The van der Waals surface area contributed by atoms with Gasteiger partial charge in [-0.3, -0.25) is 0 Å². The molecule has 0 N–H and O–H groups in total. The maximum absolute atomic E-state index is 5.61. The molecule has 3 aromatic rings. The summed E-state index contributed by atoms with van der Waals surface area (Å²) >= 11 is 8.47. The van der Waals surface area contributed by atoms with Gasteiger partial charge in [0.25, 0.3) is 0 Å². The highest BCUT2D eigenvalue weighted by atomic mass is 79.9. The van der Waals surface area contributed by atoms with Crippen LogP contribution < -0.4 is 0 Å². The second-order valence-corrected chi connectivity index (χ2v) is 7.34. The van der Waals surface area contributed by atoms with E-state index in [1.807, 2.05) is 48.6 Å². The van der Waals surface area contributed by atoms with Gasteiger partial charge in [-0.1, -0.05) is 15.9 Å². The van der Waals surface area contributed by atoms with Gasteiger partial charge in [0.15, 0.2) is 0 Å². The van der Waals surface area contributed by atoms with E-state index >= 15 is 0 Å². The molecule has 100 valence electrons. The lowest BCUT2D eigenvalue weighted by molar-refractivity contribution is 0.558. The Hall–Kier alpha value is -1.24. The number of benzene rings is 1. The van der Waals surface area contributed by atoms with Gasteiger partial charge in [-0.05, 0) is 58.4 Å². The minimum atomic E-state index is 0.493. The summed E-state index contributed by atoms with van der Waals surface area (Å²) in [4.78, 5) is 1.13. The van der Waals surface area contributed by atoms with E-state index in [1.54, 1.807) is 11.3 Å². The molecule has 0 radical (unpaired) electrons. The van der Waals surface area contributed by atoms with Crippen molar-refractivity contribution in [2.75, 3.05) is 0 Å². The van der Waals surface area contributed by atoms with Crippen molar-refractivity contribution in [3.8, 4) is 11.5 Å². The second kappa shape index (κ2) is 6.03. The van der Waals surface area contributed by atoms with E-state index < -0.39 is 0 Å². The van der Waals surface area contributed by atoms with Crippen LogP contribution in [0.25, 0.3) is 23.6 Å². The summed E-state index contributed by atoms with van der Waals surface area (Å²) in [5, 5.41) is 8.06. The van der Waals surface area contributed by atoms with Crippen LogP contribution in [0.1, 0.15) is 10.8 Å². The topological polar surface area (TPSA) is 38.9 Å². The van der Waals surface area contributed by atoms with E-state index in [-0.39, 0.29) is 0 Å². The molecule has 0 saturated carbocycles. The lowest BCUT2D eigenvalue weighted by atomic mass is 10.2. The summed E-state index contributed by atoms with van der Waals surface area (Å²) in [6.45, 7) is 0. The molecule has 0 aliphatic carbocycles. The molecule has 2 aromatic heterocycles. The monoisotopic (exact) mass is 410 g/mol. The van der Waals surface area contributed by atoms with Crippen LogP contribution in [0.15, 0.2) is 49.1 Å². The lowest BCUT2D eigenvalue weighted by Crippen LogP contribution is -1.76. The Morgan fingerprint density at radius 3 is 2.45 bits per heavy atom. The van der Waals surface area contributed by atoms with Gasteiger partial charge in [0.05, 0.1) is 3.79 Å². The first kappa shape index (κ1) is 13.7. The summed E-state index contributed by atoms with van der Waals surface area (Å²) in [6, 6.07) is 11.8. The van der Waals surface area contributed by atoms with Crippen LogP contribution in [0.4, 0.5) is 0 Å². The number of nitrogens with zero attached hydrogens (tertiary/aromatic N) is 2. The molecule has 0 bridgehead atoms. The predicted octanol–water partition coefficient (Wildman–Crippen LogP) is 5.49. The Labute approximate surface area is 136 Å². The van der Waals surface area contributed by atoms with Crippen LogP contribution >= 0.6 is 43.2 Å². The molecule has 20 heavy (non-hydrogen) atoms. The van der Waals surface area contributed by atoms with Gasteiger partial charge in [0.1, 0.15) is 0 Å².